The Kier molecular flexibility index (Phi) is 7.14. The summed E-state index contributed by atoms with van der Waals surface area (Å²) in [4.78, 5) is 32.2. The Morgan fingerprint density at radius 3 is 2.40 bits per heavy atom. The first-order valence-electron chi connectivity index (χ1n) is 4.99. The van der Waals surface area contributed by atoms with E-state index in [-0.39, 0.29) is 12.2 Å². The third-order valence-corrected chi connectivity index (χ3v) is 1.75. The topological polar surface area (TPSA) is 71.4 Å². The highest BCUT2D eigenvalue weighted by molar-refractivity contribution is 6.08. The van der Waals surface area contributed by atoms with E-state index in [2.05, 4.69) is 0 Å². The molecule has 0 unspecified atom stereocenters. The minimum Gasteiger partial charge on any atom is -0.481 e. The summed E-state index contributed by atoms with van der Waals surface area (Å²) in [6, 6.07) is 0. The summed E-state index contributed by atoms with van der Waals surface area (Å²) in [5.74, 6) is -2.06. The van der Waals surface area contributed by atoms with Gasteiger partial charge in [0.15, 0.2) is 11.6 Å². The van der Waals surface area contributed by atoms with Gasteiger partial charge in [0.05, 0.1) is 6.42 Å². The highest BCUT2D eigenvalue weighted by Gasteiger charge is 2.10. The summed E-state index contributed by atoms with van der Waals surface area (Å²) in [6.07, 6.45) is 5.07. The lowest BCUT2D eigenvalue weighted by molar-refractivity contribution is -0.140. The van der Waals surface area contributed by atoms with Gasteiger partial charge >= 0.3 is 5.97 Å². The van der Waals surface area contributed by atoms with Gasteiger partial charge in [-0.15, -0.1) is 0 Å². The Bertz CT molecular complexity index is 266. The molecule has 4 heteroatoms. The molecule has 0 bridgehead atoms. The maximum absolute atomic E-state index is 11.1. The molecule has 0 saturated carbocycles. The lowest BCUT2D eigenvalue weighted by Gasteiger charge is -1.93. The maximum Gasteiger partial charge on any atom is 0.310 e. The van der Waals surface area contributed by atoms with Crippen LogP contribution in [0.1, 0.15) is 39.0 Å². The van der Waals surface area contributed by atoms with Crippen LogP contribution in [-0.2, 0) is 14.4 Å². The van der Waals surface area contributed by atoms with E-state index in [9.17, 15) is 14.4 Å². The average Bonchev–Trinajstić information content (AvgIpc) is 2.10. The van der Waals surface area contributed by atoms with E-state index in [1.165, 1.54) is 6.08 Å². The van der Waals surface area contributed by atoms with Crippen LogP contribution in [0.2, 0.25) is 0 Å². The zero-order valence-corrected chi connectivity index (χ0v) is 8.86. The predicted octanol–water partition coefficient (Wildman–Crippen LogP) is 1.74. The molecule has 1 N–H and O–H groups in total. The Morgan fingerprint density at radius 2 is 1.87 bits per heavy atom. The van der Waals surface area contributed by atoms with Crippen LogP contribution in [-0.4, -0.2) is 22.6 Å². The monoisotopic (exact) mass is 212 g/mol. The van der Waals surface area contributed by atoms with Gasteiger partial charge in [-0.2, -0.15) is 0 Å². The molecule has 0 spiro atoms. The second kappa shape index (κ2) is 7.91. The fourth-order valence-corrected chi connectivity index (χ4v) is 1.02. The van der Waals surface area contributed by atoms with Crippen molar-refractivity contribution in [2.75, 3.05) is 0 Å². The highest BCUT2D eigenvalue weighted by Crippen LogP contribution is 1.97. The fourth-order valence-electron chi connectivity index (χ4n) is 1.02. The van der Waals surface area contributed by atoms with Crippen molar-refractivity contribution in [3.05, 3.63) is 12.2 Å². The van der Waals surface area contributed by atoms with E-state index in [1.54, 1.807) is 6.08 Å². The van der Waals surface area contributed by atoms with Crippen LogP contribution >= 0.6 is 0 Å². The van der Waals surface area contributed by atoms with Crippen molar-refractivity contribution in [2.45, 2.75) is 39.0 Å². The number of carboxylic acids is 1. The summed E-state index contributed by atoms with van der Waals surface area (Å²) in [6.45, 7) is 2.05. The van der Waals surface area contributed by atoms with Gasteiger partial charge in [-0.1, -0.05) is 25.8 Å². The quantitative estimate of drug-likeness (QED) is 0.378. The smallest absolute Gasteiger partial charge is 0.310 e. The number of hydrogen-bond donors (Lipinski definition) is 1. The molecule has 0 aliphatic rings. The van der Waals surface area contributed by atoms with Crippen LogP contribution in [0.25, 0.3) is 0 Å². The van der Waals surface area contributed by atoms with Crippen molar-refractivity contribution >= 4 is 17.5 Å². The van der Waals surface area contributed by atoms with Crippen molar-refractivity contribution in [1.29, 1.82) is 0 Å². The lowest BCUT2D eigenvalue weighted by atomic mass is 10.1. The predicted molar refractivity (Wildman–Crippen MR) is 55.5 cm³/mol. The van der Waals surface area contributed by atoms with Gasteiger partial charge < -0.3 is 5.11 Å². The molecular formula is C11H16O4. The molecule has 0 amide bonds. The second-order valence-corrected chi connectivity index (χ2v) is 3.30. The molecule has 15 heavy (non-hydrogen) atoms. The number of Topliss-reactive ketones (excluding diaryl/α,β-unsaturated/α-hetero) is 1. The molecule has 0 rings (SSSR count). The van der Waals surface area contributed by atoms with E-state index in [0.29, 0.717) is 0 Å². The molecule has 0 aliphatic carbocycles. The van der Waals surface area contributed by atoms with Gasteiger partial charge in [-0.25, -0.2) is 0 Å². The standard InChI is InChI=1S/C11H16O4/c1-2-3-4-5-6-9(12)7-10(13)8-11(14)15/h5-6H,2-4,7-8H2,1H3,(H,14,15). The summed E-state index contributed by atoms with van der Waals surface area (Å²) in [5.41, 5.74) is 0. The molecule has 0 aromatic heterocycles. The molecule has 0 fully saturated rings. The van der Waals surface area contributed by atoms with Crippen LogP contribution in [0.3, 0.4) is 0 Å². The summed E-state index contributed by atoms with van der Waals surface area (Å²) >= 11 is 0. The van der Waals surface area contributed by atoms with Gasteiger partial charge in [0, 0.05) is 0 Å². The minimum absolute atomic E-state index is 0.311. The third kappa shape index (κ3) is 8.87. The number of carbonyl (C=O) groups excluding carboxylic acids is 2. The highest BCUT2D eigenvalue weighted by atomic mass is 16.4. The molecule has 0 radical (unpaired) electrons. The van der Waals surface area contributed by atoms with E-state index in [4.69, 9.17) is 5.11 Å². The number of hydrogen-bond acceptors (Lipinski definition) is 3. The summed E-state index contributed by atoms with van der Waals surface area (Å²) in [7, 11) is 0. The Labute approximate surface area is 89.0 Å². The number of unbranched alkanes of at least 4 members (excludes halogenated alkanes) is 2. The normalized spacial score (nSPS) is 10.5. The first kappa shape index (κ1) is 13.5. The first-order valence-corrected chi connectivity index (χ1v) is 4.99. The summed E-state index contributed by atoms with van der Waals surface area (Å²) in [5, 5.41) is 8.29. The number of carbonyl (C=O) groups is 3. The number of rotatable bonds is 8. The molecule has 84 valence electrons. The van der Waals surface area contributed by atoms with Gasteiger partial charge in [-0.05, 0) is 12.5 Å². The van der Waals surface area contributed by atoms with Crippen LogP contribution in [0.4, 0.5) is 0 Å². The molecule has 0 saturated heterocycles. The van der Waals surface area contributed by atoms with Crippen molar-refractivity contribution in [1.82, 2.24) is 0 Å². The van der Waals surface area contributed by atoms with E-state index < -0.39 is 18.2 Å². The third-order valence-electron chi connectivity index (χ3n) is 1.75. The largest absolute Gasteiger partial charge is 0.481 e. The molecule has 0 aliphatic heterocycles. The number of allylic oxidation sites excluding steroid dienone is 2. The van der Waals surface area contributed by atoms with Crippen LogP contribution < -0.4 is 0 Å². The minimum atomic E-state index is -1.19. The lowest BCUT2D eigenvalue weighted by Crippen LogP contribution is -2.10. The first-order chi connectivity index (χ1) is 7.06. The van der Waals surface area contributed by atoms with Gasteiger partial charge in [0.2, 0.25) is 0 Å². The fraction of sp³-hybridized carbons (Fsp3) is 0.545. The van der Waals surface area contributed by atoms with Crippen LogP contribution in [0.5, 0.6) is 0 Å². The Balaban J connectivity index is 3.78. The number of carboxylic acid groups (broad SMARTS) is 1. The molecule has 4 nitrogen and oxygen atoms in total. The van der Waals surface area contributed by atoms with Crippen LogP contribution in [0, 0.1) is 0 Å². The van der Waals surface area contributed by atoms with Crippen molar-refractivity contribution in [3.8, 4) is 0 Å². The number of aliphatic carboxylic acids is 1. The molecule has 0 aromatic carbocycles. The van der Waals surface area contributed by atoms with Crippen molar-refractivity contribution in [2.24, 2.45) is 0 Å². The van der Waals surface area contributed by atoms with Gasteiger partial charge in [0.1, 0.15) is 6.42 Å². The zero-order valence-electron chi connectivity index (χ0n) is 8.86. The van der Waals surface area contributed by atoms with E-state index >= 15 is 0 Å². The molecular weight excluding hydrogens is 196 g/mol. The molecule has 0 heterocycles. The van der Waals surface area contributed by atoms with E-state index in [0.717, 1.165) is 19.3 Å². The van der Waals surface area contributed by atoms with Crippen molar-refractivity contribution in [3.63, 3.8) is 0 Å². The number of ketones is 2. The zero-order chi connectivity index (χ0) is 11.7. The van der Waals surface area contributed by atoms with Crippen molar-refractivity contribution < 1.29 is 19.5 Å². The molecule has 0 aromatic rings. The van der Waals surface area contributed by atoms with Crippen LogP contribution in [0.15, 0.2) is 12.2 Å². The second-order valence-electron chi connectivity index (χ2n) is 3.30. The SMILES string of the molecule is CCCCC=CC(=O)CC(=O)CC(=O)O. The Hall–Kier alpha value is -1.45. The molecule has 0 atom stereocenters. The average molecular weight is 212 g/mol. The van der Waals surface area contributed by atoms with E-state index in [1.807, 2.05) is 6.92 Å². The Morgan fingerprint density at radius 1 is 1.20 bits per heavy atom. The maximum atomic E-state index is 11.1. The summed E-state index contributed by atoms with van der Waals surface area (Å²) < 4.78 is 0. The van der Waals surface area contributed by atoms with Gasteiger partial charge in [-0.3, -0.25) is 14.4 Å². The van der Waals surface area contributed by atoms with Gasteiger partial charge in [0.25, 0.3) is 0 Å².